The third kappa shape index (κ3) is 23.5. The predicted molar refractivity (Wildman–Crippen MR) is 193 cm³/mol. The number of ether oxygens (including phenoxy) is 2. The molecule has 1 fully saturated rings. The van der Waals surface area contributed by atoms with Crippen molar-refractivity contribution in [3.05, 3.63) is 0 Å². The number of amides is 4. The van der Waals surface area contributed by atoms with Crippen LogP contribution in [0.4, 0.5) is 9.59 Å². The predicted octanol–water partition coefficient (Wildman–Crippen LogP) is -1.46. The van der Waals surface area contributed by atoms with Gasteiger partial charge < -0.3 is 63.5 Å². The molecule has 4 amide bonds. The van der Waals surface area contributed by atoms with Gasteiger partial charge in [0, 0.05) is 39.3 Å². The van der Waals surface area contributed by atoms with Crippen LogP contribution >= 0.6 is 0 Å². The van der Waals surface area contributed by atoms with E-state index >= 15 is 0 Å². The molecule has 0 aromatic heterocycles. The first-order valence-corrected chi connectivity index (χ1v) is 17.8. The van der Waals surface area contributed by atoms with Crippen molar-refractivity contribution in [2.24, 2.45) is 22.9 Å². The largest absolute Gasteiger partial charge is 0.444 e. The third-order valence-corrected chi connectivity index (χ3v) is 7.48. The Morgan fingerprint density at radius 2 is 0.920 bits per heavy atom. The fourth-order valence-electron chi connectivity index (χ4n) is 5.10. The number of nitrogens with one attached hydrogen (secondary N) is 6. The molecule has 1 aliphatic rings. The molecule has 0 aromatic rings. The zero-order valence-electron chi connectivity index (χ0n) is 31.3. The molecular formula is C32H68N12O6. The molecule has 0 unspecified atom stereocenters. The van der Waals surface area contributed by atoms with Gasteiger partial charge in [-0.05, 0) is 106 Å². The molecule has 292 valence electrons. The monoisotopic (exact) mass is 717 g/mol. The SMILES string of the molecule is CC(C)(C)OC(=O)N[C@@H](CCCNC(N)N)C(=O)NCCCN1CCN(CCCNC(=O)[C@H](CCCNC(N)N)NC(=O)OC(C)(C)C)CC1. The Morgan fingerprint density at radius 1 is 0.580 bits per heavy atom. The van der Waals surface area contributed by atoms with Crippen LogP contribution in [0.15, 0.2) is 0 Å². The highest BCUT2D eigenvalue weighted by atomic mass is 16.6. The molecule has 1 aliphatic heterocycles. The molecule has 0 aromatic carbocycles. The third-order valence-electron chi connectivity index (χ3n) is 7.48. The lowest BCUT2D eigenvalue weighted by Gasteiger charge is -2.34. The van der Waals surface area contributed by atoms with E-state index in [0.717, 1.165) is 52.1 Å². The second-order valence-corrected chi connectivity index (χ2v) is 14.6. The van der Waals surface area contributed by atoms with Crippen molar-refractivity contribution in [2.45, 2.75) is 116 Å². The second-order valence-electron chi connectivity index (χ2n) is 14.6. The highest BCUT2D eigenvalue weighted by molar-refractivity contribution is 5.86. The summed E-state index contributed by atoms with van der Waals surface area (Å²) in [5.74, 6) is -0.518. The van der Waals surface area contributed by atoms with Crippen LogP contribution in [-0.4, -0.2) is 135 Å². The number of nitrogens with zero attached hydrogens (tertiary/aromatic N) is 2. The number of hydrogen-bond acceptors (Lipinski definition) is 14. The van der Waals surface area contributed by atoms with Gasteiger partial charge in [-0.2, -0.15) is 0 Å². The van der Waals surface area contributed by atoms with Crippen LogP contribution < -0.4 is 54.8 Å². The Morgan fingerprint density at radius 3 is 1.22 bits per heavy atom. The molecular weight excluding hydrogens is 648 g/mol. The van der Waals surface area contributed by atoms with E-state index in [0.29, 0.717) is 51.9 Å². The number of carbonyl (C=O) groups excluding carboxylic acids is 4. The van der Waals surface area contributed by atoms with Crippen molar-refractivity contribution >= 4 is 24.0 Å². The molecule has 2 atom stereocenters. The van der Waals surface area contributed by atoms with Gasteiger partial charge in [0.1, 0.15) is 35.9 Å². The minimum Gasteiger partial charge on any atom is -0.444 e. The number of hydrogen-bond donors (Lipinski definition) is 10. The van der Waals surface area contributed by atoms with Crippen molar-refractivity contribution in [1.29, 1.82) is 0 Å². The van der Waals surface area contributed by atoms with Gasteiger partial charge in [0.25, 0.3) is 0 Å². The summed E-state index contributed by atoms with van der Waals surface area (Å²) in [5, 5.41) is 17.1. The topological polar surface area (TPSA) is 269 Å². The van der Waals surface area contributed by atoms with E-state index in [2.05, 4.69) is 41.7 Å². The Hall–Kier alpha value is -2.84. The fraction of sp³-hybridized carbons (Fsp3) is 0.875. The molecule has 0 spiro atoms. The first-order valence-electron chi connectivity index (χ1n) is 17.8. The maximum Gasteiger partial charge on any atom is 0.408 e. The van der Waals surface area contributed by atoms with E-state index in [-0.39, 0.29) is 11.8 Å². The van der Waals surface area contributed by atoms with Crippen LogP contribution in [-0.2, 0) is 19.1 Å². The summed E-state index contributed by atoms with van der Waals surface area (Å²) in [6, 6.07) is -1.47. The quantitative estimate of drug-likeness (QED) is 0.0454. The standard InChI is InChI=1S/C32H68N12O6/c1-31(2,3)49-29(47)41-23(11-7-13-39-27(33)34)25(45)37-15-9-17-43-19-21-44(22-20-43)18-10-16-38-26(46)24(12-8-14-40-28(35)36)42-30(48)50-32(4,5)6/h23-24,27-28,39-40H,7-22,33-36H2,1-6H3,(H,37,45)(H,38,46)(H,41,47)(H,42,48)/t23-,24-/m0/s1. The summed E-state index contributed by atoms with van der Waals surface area (Å²) in [7, 11) is 0. The molecule has 0 bridgehead atoms. The summed E-state index contributed by atoms with van der Waals surface area (Å²) in [6.45, 7) is 17.9. The molecule has 0 saturated carbocycles. The molecule has 50 heavy (non-hydrogen) atoms. The normalized spacial score (nSPS) is 15.8. The summed E-state index contributed by atoms with van der Waals surface area (Å²) in [6.07, 6.45) is 0.956. The van der Waals surface area contributed by atoms with Gasteiger partial charge in [-0.15, -0.1) is 0 Å². The lowest BCUT2D eigenvalue weighted by Crippen LogP contribution is -2.50. The van der Waals surface area contributed by atoms with Gasteiger partial charge >= 0.3 is 12.2 Å². The van der Waals surface area contributed by atoms with Gasteiger partial charge in [-0.25, -0.2) is 9.59 Å². The molecule has 18 nitrogen and oxygen atoms in total. The van der Waals surface area contributed by atoms with Gasteiger partial charge in [0.2, 0.25) is 11.8 Å². The lowest BCUT2D eigenvalue weighted by molar-refractivity contribution is -0.124. The lowest BCUT2D eigenvalue weighted by atomic mass is 10.1. The van der Waals surface area contributed by atoms with Crippen LogP contribution in [0.2, 0.25) is 0 Å². The number of rotatable bonds is 22. The van der Waals surface area contributed by atoms with E-state index in [1.807, 2.05) is 0 Å². The van der Waals surface area contributed by atoms with Gasteiger partial charge in [0.05, 0.1) is 0 Å². The molecule has 1 rings (SSSR count). The Balaban J connectivity index is 2.39. The highest BCUT2D eigenvalue weighted by Gasteiger charge is 2.26. The van der Waals surface area contributed by atoms with E-state index < -0.39 is 48.1 Å². The summed E-state index contributed by atoms with van der Waals surface area (Å²) >= 11 is 0. The summed E-state index contributed by atoms with van der Waals surface area (Å²) in [4.78, 5) is 55.2. The molecule has 1 saturated heterocycles. The molecule has 1 heterocycles. The first kappa shape index (κ1) is 45.2. The van der Waals surface area contributed by atoms with E-state index in [1.165, 1.54) is 0 Å². The molecule has 0 radical (unpaired) electrons. The maximum absolute atomic E-state index is 12.9. The van der Waals surface area contributed by atoms with Crippen LogP contribution in [0, 0.1) is 0 Å². The molecule has 0 aliphatic carbocycles. The number of piperazine rings is 1. The zero-order valence-corrected chi connectivity index (χ0v) is 31.3. The van der Waals surface area contributed by atoms with Gasteiger partial charge in [0.15, 0.2) is 0 Å². The van der Waals surface area contributed by atoms with Crippen LogP contribution in [0.3, 0.4) is 0 Å². The number of alkyl carbamates (subject to hydrolysis) is 2. The minimum absolute atomic E-state index is 0.259. The Kier molecular flexibility index (Phi) is 21.3. The summed E-state index contributed by atoms with van der Waals surface area (Å²) in [5.41, 5.74) is 20.7. The van der Waals surface area contributed by atoms with Gasteiger partial charge in [-0.3, -0.25) is 20.2 Å². The highest BCUT2D eigenvalue weighted by Crippen LogP contribution is 2.10. The molecule has 14 N–H and O–H groups in total. The van der Waals surface area contributed by atoms with Crippen LogP contribution in [0.1, 0.15) is 80.1 Å². The van der Waals surface area contributed by atoms with Crippen molar-refractivity contribution in [3.8, 4) is 0 Å². The van der Waals surface area contributed by atoms with Crippen LogP contribution in [0.5, 0.6) is 0 Å². The van der Waals surface area contributed by atoms with E-state index in [4.69, 9.17) is 32.4 Å². The second kappa shape index (κ2) is 23.6. The van der Waals surface area contributed by atoms with Crippen molar-refractivity contribution < 1.29 is 28.7 Å². The Labute approximate surface area is 298 Å². The van der Waals surface area contributed by atoms with E-state index in [1.54, 1.807) is 41.5 Å². The number of nitrogens with two attached hydrogens (primary N) is 4. The van der Waals surface area contributed by atoms with Crippen molar-refractivity contribution in [3.63, 3.8) is 0 Å². The number of carbonyl (C=O) groups is 4. The minimum atomic E-state index is -0.737. The van der Waals surface area contributed by atoms with Gasteiger partial charge in [-0.1, -0.05) is 0 Å². The average molecular weight is 717 g/mol. The smallest absolute Gasteiger partial charge is 0.408 e. The maximum atomic E-state index is 12.9. The van der Waals surface area contributed by atoms with Crippen molar-refractivity contribution in [2.75, 3.05) is 65.4 Å². The summed E-state index contributed by atoms with van der Waals surface area (Å²) < 4.78 is 10.7. The van der Waals surface area contributed by atoms with Crippen LogP contribution in [0.25, 0.3) is 0 Å². The van der Waals surface area contributed by atoms with Crippen molar-refractivity contribution in [1.82, 2.24) is 41.7 Å². The fourth-order valence-corrected chi connectivity index (χ4v) is 5.10. The first-order chi connectivity index (χ1) is 23.3. The molecule has 18 heteroatoms. The average Bonchev–Trinajstić information content (AvgIpc) is 2.98. The van der Waals surface area contributed by atoms with E-state index in [9.17, 15) is 19.2 Å². The Bertz CT molecular complexity index is 919. The zero-order chi connectivity index (χ0) is 37.7.